The summed E-state index contributed by atoms with van der Waals surface area (Å²) in [6.07, 6.45) is 11.3. The van der Waals surface area contributed by atoms with Gasteiger partial charge >= 0.3 is 0 Å². The summed E-state index contributed by atoms with van der Waals surface area (Å²) >= 11 is 0. The summed E-state index contributed by atoms with van der Waals surface area (Å²) in [7, 11) is 0. The maximum absolute atomic E-state index is 11.7. The van der Waals surface area contributed by atoms with E-state index in [9.17, 15) is 9.90 Å². The van der Waals surface area contributed by atoms with E-state index in [0.29, 0.717) is 0 Å². The number of carbonyl (C=O) groups excluding carboxylic acids is 1. The van der Waals surface area contributed by atoms with Gasteiger partial charge in [-0.25, -0.2) is 0 Å². The van der Waals surface area contributed by atoms with Crippen LogP contribution in [0.2, 0.25) is 0 Å². The van der Waals surface area contributed by atoms with Crippen LogP contribution in [0.5, 0.6) is 0 Å². The molecule has 2 aliphatic carbocycles. The summed E-state index contributed by atoms with van der Waals surface area (Å²) in [6, 6.07) is 32.9. The smallest absolute Gasteiger partial charge is 0.162 e. The van der Waals surface area contributed by atoms with Crippen molar-refractivity contribution in [3.63, 3.8) is 0 Å². The van der Waals surface area contributed by atoms with E-state index in [1.807, 2.05) is 33.9 Å². The number of aliphatic hydroxyl groups is 1. The molecule has 1 heterocycles. The quantitative estimate of drug-likeness (QED) is 0.0719. The standard InChI is InChI=1S/C33H22N.C13H24O2.Ir/c1-2-7-26-20(4-1)12-13-28-27(26)14-15-30-29(28)16-17-34-33(30)25-18-23-10-8-21-5-3-6-22-9-11-24(19-25)32(23)31(21)22;1-5-10(6-2)12(14)9-13(15)11(7-3)8-4;/h1-7,12-18H,8-11H2;9-11,14H,5-8H2,1-4H3;/q-1;;/b;12-9-;. The number of allylic oxidation sites excluding steroid dienone is 2. The van der Waals surface area contributed by atoms with E-state index in [2.05, 4.69) is 84.9 Å². The summed E-state index contributed by atoms with van der Waals surface area (Å²) in [4.78, 5) is 16.6. The molecule has 8 rings (SSSR count). The number of hydrogen-bond donors (Lipinski definition) is 1. The van der Waals surface area contributed by atoms with Crippen molar-refractivity contribution in [1.82, 2.24) is 4.98 Å². The largest absolute Gasteiger partial charge is 0.512 e. The van der Waals surface area contributed by atoms with Gasteiger partial charge in [0.05, 0.1) is 5.76 Å². The van der Waals surface area contributed by atoms with Crippen LogP contribution in [0, 0.1) is 17.9 Å². The molecule has 2 aliphatic rings. The summed E-state index contributed by atoms with van der Waals surface area (Å²) in [5, 5.41) is 17.4. The fourth-order valence-electron chi connectivity index (χ4n) is 8.19. The Hall–Kier alpha value is -4.11. The molecular weight excluding hydrogens is 791 g/mol. The molecule has 0 atom stereocenters. The van der Waals surface area contributed by atoms with Crippen molar-refractivity contribution in [2.24, 2.45) is 11.8 Å². The zero-order chi connectivity index (χ0) is 34.1. The molecule has 6 aromatic rings. The number of aryl methyl sites for hydroxylation is 4. The van der Waals surface area contributed by atoms with Crippen LogP contribution in [0.15, 0.2) is 96.9 Å². The second kappa shape index (κ2) is 15.4. The summed E-state index contributed by atoms with van der Waals surface area (Å²) in [5.41, 5.74) is 11.0. The summed E-state index contributed by atoms with van der Waals surface area (Å²) in [6.45, 7) is 8.07. The molecule has 5 aromatic carbocycles. The predicted molar refractivity (Wildman–Crippen MR) is 205 cm³/mol. The number of hydrogen-bond acceptors (Lipinski definition) is 3. The molecule has 257 valence electrons. The Balaban J connectivity index is 0.000000233. The van der Waals surface area contributed by atoms with Gasteiger partial charge in [0.25, 0.3) is 0 Å². The summed E-state index contributed by atoms with van der Waals surface area (Å²) in [5.74, 6) is 0.547. The van der Waals surface area contributed by atoms with Gasteiger partial charge in [0, 0.05) is 44.2 Å². The number of fused-ring (bicyclic) bond motifs is 5. The van der Waals surface area contributed by atoms with E-state index >= 15 is 0 Å². The topological polar surface area (TPSA) is 50.2 Å². The van der Waals surface area contributed by atoms with Crippen molar-refractivity contribution in [1.29, 1.82) is 0 Å². The fraction of sp³-hybridized carbons (Fsp3) is 0.304. The van der Waals surface area contributed by atoms with Gasteiger partial charge in [-0.3, -0.25) is 4.79 Å². The van der Waals surface area contributed by atoms with Gasteiger partial charge in [0.2, 0.25) is 0 Å². The molecule has 1 N–H and O–H groups in total. The molecule has 0 fully saturated rings. The van der Waals surface area contributed by atoms with Crippen molar-refractivity contribution < 1.29 is 30.0 Å². The molecule has 4 heteroatoms. The Kier molecular flexibility index (Phi) is 11.0. The second-order valence-electron chi connectivity index (χ2n) is 13.7. The maximum Gasteiger partial charge on any atom is 0.162 e. The Morgan fingerprint density at radius 3 is 2.06 bits per heavy atom. The average Bonchev–Trinajstić information content (AvgIpc) is 3.14. The van der Waals surface area contributed by atoms with E-state index < -0.39 is 0 Å². The average molecular weight is 837 g/mol. The van der Waals surface area contributed by atoms with Gasteiger partial charge in [-0.1, -0.05) is 106 Å². The molecule has 3 nitrogen and oxygen atoms in total. The van der Waals surface area contributed by atoms with Crippen LogP contribution in [0.3, 0.4) is 0 Å². The van der Waals surface area contributed by atoms with Crippen molar-refractivity contribution >= 4 is 38.1 Å². The zero-order valence-electron chi connectivity index (χ0n) is 29.6. The van der Waals surface area contributed by atoms with E-state index in [1.54, 1.807) is 0 Å². The van der Waals surface area contributed by atoms with E-state index in [0.717, 1.165) is 62.6 Å². The Morgan fingerprint density at radius 1 is 0.700 bits per heavy atom. The molecule has 0 saturated heterocycles. The zero-order valence-corrected chi connectivity index (χ0v) is 32.0. The molecule has 0 unspecified atom stereocenters. The number of ketones is 1. The van der Waals surface area contributed by atoms with Crippen LogP contribution >= 0.6 is 0 Å². The molecular formula is C46H46IrNO2-. The van der Waals surface area contributed by atoms with Crippen molar-refractivity contribution in [2.75, 3.05) is 0 Å². The molecule has 1 radical (unpaired) electrons. The number of aliphatic hydroxyl groups excluding tert-OH is 1. The van der Waals surface area contributed by atoms with Crippen LogP contribution in [0.25, 0.3) is 54.7 Å². The van der Waals surface area contributed by atoms with Gasteiger partial charge in [0.1, 0.15) is 0 Å². The monoisotopic (exact) mass is 837 g/mol. The Labute approximate surface area is 310 Å². The normalized spacial score (nSPS) is 13.3. The number of rotatable bonds is 8. The third-order valence-corrected chi connectivity index (χ3v) is 11.0. The molecule has 1 aromatic heterocycles. The van der Waals surface area contributed by atoms with Crippen LogP contribution in [-0.4, -0.2) is 15.9 Å². The van der Waals surface area contributed by atoms with Gasteiger partial charge in [-0.05, 0) is 107 Å². The molecule has 0 bridgehead atoms. The van der Waals surface area contributed by atoms with Crippen LogP contribution in [0.1, 0.15) is 75.6 Å². The van der Waals surface area contributed by atoms with Crippen molar-refractivity contribution in [3.8, 4) is 22.4 Å². The third kappa shape index (κ3) is 6.57. The Morgan fingerprint density at radius 2 is 1.32 bits per heavy atom. The van der Waals surface area contributed by atoms with E-state index in [-0.39, 0.29) is 43.5 Å². The number of pyridine rings is 1. The second-order valence-corrected chi connectivity index (χ2v) is 13.7. The van der Waals surface area contributed by atoms with Crippen LogP contribution < -0.4 is 0 Å². The minimum Gasteiger partial charge on any atom is -0.512 e. The first-order chi connectivity index (χ1) is 23.9. The Bertz CT molecular complexity index is 2180. The predicted octanol–water partition coefficient (Wildman–Crippen LogP) is 11.7. The van der Waals surface area contributed by atoms with Crippen LogP contribution in [0.4, 0.5) is 0 Å². The molecule has 0 spiro atoms. The van der Waals surface area contributed by atoms with Gasteiger partial charge in [-0.2, -0.15) is 0 Å². The molecule has 50 heavy (non-hydrogen) atoms. The molecule has 0 aliphatic heterocycles. The summed E-state index contributed by atoms with van der Waals surface area (Å²) < 4.78 is 0. The van der Waals surface area contributed by atoms with Gasteiger partial charge in [-0.15, -0.1) is 28.8 Å². The molecule has 0 amide bonds. The van der Waals surface area contributed by atoms with Gasteiger partial charge in [0.15, 0.2) is 5.78 Å². The molecule has 0 saturated carbocycles. The van der Waals surface area contributed by atoms with E-state index in [1.165, 1.54) is 71.8 Å². The number of benzene rings is 5. The minimum atomic E-state index is 0. The SMILES string of the molecule is CCC(CC)C(=O)/C=C(\O)C(CC)CC.[Ir].[c-]1c(-c2nccc3c2ccc2c4ccccc4ccc32)cc2c3c1CCc1cccc(c1-3)CC2. The maximum atomic E-state index is 11.7. The number of aromatic nitrogens is 1. The van der Waals surface area contributed by atoms with Crippen molar-refractivity contribution in [2.45, 2.75) is 79.1 Å². The first-order valence-electron chi connectivity index (χ1n) is 18.3. The number of carbonyl (C=O) groups is 1. The van der Waals surface area contributed by atoms with Crippen LogP contribution in [-0.2, 0) is 50.6 Å². The van der Waals surface area contributed by atoms with E-state index in [4.69, 9.17) is 4.98 Å². The minimum absolute atomic E-state index is 0. The van der Waals surface area contributed by atoms with Gasteiger partial charge < -0.3 is 10.1 Å². The van der Waals surface area contributed by atoms with Crippen molar-refractivity contribution in [3.05, 3.63) is 125 Å². The third-order valence-electron chi connectivity index (χ3n) is 11.0. The first-order valence-corrected chi connectivity index (χ1v) is 18.3. The first kappa shape index (κ1) is 35.7. The number of nitrogens with zero attached hydrogens (tertiary/aromatic N) is 1. The fourth-order valence-corrected chi connectivity index (χ4v) is 8.19.